The lowest BCUT2D eigenvalue weighted by Crippen LogP contribution is -2.45. The van der Waals surface area contributed by atoms with Crippen LogP contribution in [0.25, 0.3) is 11.3 Å². The maximum atomic E-state index is 12.5. The number of likely N-dealkylation sites (tertiary alicyclic amines) is 2. The number of hydrogen-bond acceptors (Lipinski definition) is 7. The first-order valence-electron chi connectivity index (χ1n) is 16.9. The molecule has 6 rings (SSSR count). The molecule has 0 saturated carbocycles. The summed E-state index contributed by atoms with van der Waals surface area (Å²) in [4.78, 5) is 21.7. The number of carbonyl (C=O) groups is 1. The lowest BCUT2D eigenvalue weighted by atomic mass is 9.99. The highest BCUT2D eigenvalue weighted by Crippen LogP contribution is 2.33. The van der Waals surface area contributed by atoms with Gasteiger partial charge in [-0.25, -0.2) is 8.42 Å². The third-order valence-electron chi connectivity index (χ3n) is 10.4. The molecule has 1 amide bonds. The summed E-state index contributed by atoms with van der Waals surface area (Å²) in [6.45, 7) is 11.2. The second kappa shape index (κ2) is 14.4. The van der Waals surface area contributed by atoms with E-state index in [0.29, 0.717) is 37.9 Å². The van der Waals surface area contributed by atoms with Crippen molar-refractivity contribution in [1.82, 2.24) is 33.7 Å². The van der Waals surface area contributed by atoms with Gasteiger partial charge in [-0.05, 0) is 76.4 Å². The predicted molar refractivity (Wildman–Crippen MR) is 179 cm³/mol. The number of hydrogen-bond donors (Lipinski definition) is 0. The first kappa shape index (κ1) is 32.9. The van der Waals surface area contributed by atoms with Crippen molar-refractivity contribution in [2.24, 2.45) is 0 Å². The summed E-state index contributed by atoms with van der Waals surface area (Å²) in [5, 5.41) is 5.92. The van der Waals surface area contributed by atoms with E-state index in [1.54, 1.807) is 4.31 Å². The number of likely N-dealkylation sites (N-methyl/N-ethyl adjacent to an activating group) is 1. The van der Waals surface area contributed by atoms with E-state index in [1.165, 1.54) is 6.26 Å². The molecule has 4 aliphatic rings. The predicted octanol–water partition coefficient (Wildman–Crippen LogP) is 3.18. The van der Waals surface area contributed by atoms with Crippen molar-refractivity contribution in [3.63, 3.8) is 0 Å². The van der Waals surface area contributed by atoms with Crippen LogP contribution in [0.2, 0.25) is 5.02 Å². The van der Waals surface area contributed by atoms with Crippen LogP contribution in [0, 0.1) is 0 Å². The zero-order valence-electron chi connectivity index (χ0n) is 27.1. The Balaban J connectivity index is 1.12. The van der Waals surface area contributed by atoms with Crippen LogP contribution in [0.15, 0.2) is 18.2 Å². The van der Waals surface area contributed by atoms with Crippen molar-refractivity contribution in [3.05, 3.63) is 40.0 Å². The third-order valence-corrected chi connectivity index (χ3v) is 12.0. The Morgan fingerprint density at radius 1 is 0.911 bits per heavy atom. The Hall–Kier alpha value is -2.02. The minimum atomic E-state index is -3.31. The van der Waals surface area contributed by atoms with Crippen LogP contribution in [0.4, 0.5) is 0 Å². The SMILES string of the molecule is CN1CCN(CCCc2cc(-c3nn(CCCN4CCC(N5CCCC5=O)CC4)c4c3CN(S(C)(=O)=O)CC4)ccc2Cl)CC1. The summed E-state index contributed by atoms with van der Waals surface area (Å²) in [6.07, 6.45) is 8.73. The molecule has 0 atom stereocenters. The van der Waals surface area contributed by atoms with Gasteiger partial charge < -0.3 is 19.6 Å². The van der Waals surface area contributed by atoms with E-state index in [2.05, 4.69) is 37.4 Å². The molecule has 12 heteroatoms. The van der Waals surface area contributed by atoms with Gasteiger partial charge in [-0.15, -0.1) is 0 Å². The van der Waals surface area contributed by atoms with Gasteiger partial charge in [-0.2, -0.15) is 9.40 Å². The summed E-state index contributed by atoms with van der Waals surface area (Å²) in [5.74, 6) is 0.334. The average molecular weight is 660 g/mol. The summed E-state index contributed by atoms with van der Waals surface area (Å²) in [7, 11) is -1.13. The molecule has 0 unspecified atom stereocenters. The van der Waals surface area contributed by atoms with Crippen LogP contribution in [-0.4, -0.2) is 133 Å². The van der Waals surface area contributed by atoms with Gasteiger partial charge in [-0.3, -0.25) is 9.48 Å². The fourth-order valence-corrected chi connectivity index (χ4v) is 8.60. The summed E-state index contributed by atoms with van der Waals surface area (Å²) in [6, 6.07) is 6.59. The molecule has 1 aromatic carbocycles. The first-order valence-corrected chi connectivity index (χ1v) is 19.1. The molecule has 0 bridgehead atoms. The highest BCUT2D eigenvalue weighted by molar-refractivity contribution is 7.88. The van der Waals surface area contributed by atoms with Crippen molar-refractivity contribution >= 4 is 27.5 Å². The zero-order chi connectivity index (χ0) is 31.6. The Morgan fingerprint density at radius 2 is 1.64 bits per heavy atom. The topological polar surface area (TPSA) is 85.2 Å². The van der Waals surface area contributed by atoms with Crippen LogP contribution in [-0.2, 0) is 40.7 Å². The van der Waals surface area contributed by atoms with Gasteiger partial charge in [0.05, 0.1) is 11.9 Å². The minimum absolute atomic E-state index is 0.334. The zero-order valence-corrected chi connectivity index (χ0v) is 28.7. The normalized spacial score (nSPS) is 21.6. The van der Waals surface area contributed by atoms with E-state index >= 15 is 0 Å². The number of halogens is 1. The second-order valence-corrected chi connectivity index (χ2v) is 15.9. The Morgan fingerprint density at radius 3 is 2.36 bits per heavy atom. The lowest BCUT2D eigenvalue weighted by Gasteiger charge is -2.36. The van der Waals surface area contributed by atoms with Crippen LogP contribution in [0.5, 0.6) is 0 Å². The second-order valence-electron chi connectivity index (χ2n) is 13.5. The standard InChI is InChI=1S/C33H50ClN7O3S/c1-36-20-22-38(23-21-36)13-3-6-26-24-27(8-9-30(26)34)33-29-25-39(45(2,43)44)19-12-31(29)41(35-33)16-5-14-37-17-10-28(11-18-37)40-15-4-7-32(40)42/h8-9,24,28H,3-7,10-23,25H2,1-2H3. The highest BCUT2D eigenvalue weighted by atomic mass is 35.5. The van der Waals surface area contributed by atoms with Gasteiger partial charge in [0.25, 0.3) is 0 Å². The molecule has 0 spiro atoms. The van der Waals surface area contributed by atoms with Gasteiger partial charge in [0.15, 0.2) is 0 Å². The maximum absolute atomic E-state index is 12.5. The molecule has 1 aromatic heterocycles. The average Bonchev–Trinajstić information content (AvgIpc) is 3.62. The molecule has 248 valence electrons. The van der Waals surface area contributed by atoms with Crippen molar-refractivity contribution in [2.75, 3.05) is 78.8 Å². The van der Waals surface area contributed by atoms with Crippen molar-refractivity contribution < 1.29 is 13.2 Å². The van der Waals surface area contributed by atoms with Crippen LogP contribution < -0.4 is 0 Å². The lowest BCUT2D eigenvalue weighted by molar-refractivity contribution is -0.130. The number of sulfonamides is 1. The molecule has 3 saturated heterocycles. The van der Waals surface area contributed by atoms with E-state index in [-0.39, 0.29) is 0 Å². The number of benzene rings is 1. The fourth-order valence-electron chi connectivity index (χ4n) is 7.60. The van der Waals surface area contributed by atoms with Crippen LogP contribution in [0.3, 0.4) is 0 Å². The number of fused-ring (bicyclic) bond motifs is 1. The fraction of sp³-hybridized carbons (Fsp3) is 0.697. The summed E-state index contributed by atoms with van der Waals surface area (Å²) < 4.78 is 28.8. The number of carbonyl (C=O) groups excluding carboxylic acids is 1. The van der Waals surface area contributed by atoms with E-state index < -0.39 is 10.0 Å². The number of piperidine rings is 1. The number of piperazine rings is 1. The molecule has 0 N–H and O–H groups in total. The molecule has 10 nitrogen and oxygen atoms in total. The van der Waals surface area contributed by atoms with E-state index in [4.69, 9.17) is 16.7 Å². The highest BCUT2D eigenvalue weighted by Gasteiger charge is 2.32. The number of nitrogens with zero attached hydrogens (tertiary/aromatic N) is 7. The van der Waals surface area contributed by atoms with E-state index in [1.807, 2.05) is 12.1 Å². The number of aryl methyl sites for hydroxylation is 2. The Labute approximate surface area is 274 Å². The quantitative estimate of drug-likeness (QED) is 0.367. The monoisotopic (exact) mass is 659 g/mol. The molecule has 45 heavy (non-hydrogen) atoms. The molecule has 3 fully saturated rings. The van der Waals surface area contributed by atoms with Gasteiger partial charge >= 0.3 is 0 Å². The van der Waals surface area contributed by atoms with Crippen molar-refractivity contribution in [2.45, 2.75) is 70.5 Å². The number of aromatic nitrogens is 2. The van der Waals surface area contributed by atoms with Crippen LogP contribution >= 0.6 is 11.6 Å². The van der Waals surface area contributed by atoms with Crippen molar-refractivity contribution in [1.29, 1.82) is 0 Å². The first-order chi connectivity index (χ1) is 21.7. The molecule has 2 aromatic rings. The number of rotatable bonds is 11. The van der Waals surface area contributed by atoms with E-state index in [0.717, 1.165) is 137 Å². The van der Waals surface area contributed by atoms with Gasteiger partial charge in [0, 0.05) is 106 Å². The van der Waals surface area contributed by atoms with Crippen molar-refractivity contribution in [3.8, 4) is 11.3 Å². The minimum Gasteiger partial charge on any atom is -0.340 e. The molecule has 0 radical (unpaired) electrons. The summed E-state index contributed by atoms with van der Waals surface area (Å²) >= 11 is 6.69. The molecule has 0 aliphatic carbocycles. The molecule has 5 heterocycles. The smallest absolute Gasteiger partial charge is 0.222 e. The summed E-state index contributed by atoms with van der Waals surface area (Å²) in [5.41, 5.74) is 5.20. The number of amides is 1. The van der Waals surface area contributed by atoms with Crippen LogP contribution in [0.1, 0.15) is 55.3 Å². The van der Waals surface area contributed by atoms with Gasteiger partial charge in [-0.1, -0.05) is 17.7 Å². The molecular weight excluding hydrogens is 610 g/mol. The van der Waals surface area contributed by atoms with Gasteiger partial charge in [0.2, 0.25) is 15.9 Å². The molecule has 4 aliphatic heterocycles. The largest absolute Gasteiger partial charge is 0.340 e. The molecular formula is C33H50ClN7O3S. The Bertz CT molecular complexity index is 1450. The van der Waals surface area contributed by atoms with Gasteiger partial charge in [0.1, 0.15) is 0 Å². The third kappa shape index (κ3) is 7.93. The maximum Gasteiger partial charge on any atom is 0.222 e. The Kier molecular flexibility index (Phi) is 10.5. The van der Waals surface area contributed by atoms with E-state index in [9.17, 15) is 13.2 Å².